The summed E-state index contributed by atoms with van der Waals surface area (Å²) in [6.45, 7) is 2.30. The lowest BCUT2D eigenvalue weighted by molar-refractivity contribution is -0.274. The molecule has 1 aliphatic rings. The number of nitrogens with one attached hydrogen (secondary N) is 1. The molecule has 4 aromatic carbocycles. The maximum Gasteiger partial charge on any atom is 0.573 e. The van der Waals surface area contributed by atoms with Gasteiger partial charge in [0.25, 0.3) is 5.91 Å². The summed E-state index contributed by atoms with van der Waals surface area (Å²) >= 11 is 0. The van der Waals surface area contributed by atoms with Crippen LogP contribution in [0.4, 0.5) is 27.6 Å². The standard InChI is InChI=1S/C35H31F5N4O5/c1-21(34(46,18-44-20-41-19-42-44)30-11-6-27(36)15-31(30)37)12-22-16-47-33(48-17-22)26-5-3-23-13-25(4-2-24(23)14-26)32(45)43-28-7-9-29(10-8-28)49-35(38,39)40/h2-11,13-15,19-22,33,46H,12,16-18H2,1H3,(H,43,45). The molecule has 1 saturated heterocycles. The summed E-state index contributed by atoms with van der Waals surface area (Å²) in [4.78, 5) is 16.7. The zero-order valence-electron chi connectivity index (χ0n) is 26.0. The van der Waals surface area contributed by atoms with E-state index in [0.717, 1.165) is 40.6 Å². The molecule has 49 heavy (non-hydrogen) atoms. The molecule has 2 heterocycles. The predicted octanol–water partition coefficient (Wildman–Crippen LogP) is 7.14. The molecule has 0 bridgehead atoms. The van der Waals surface area contributed by atoms with Crippen LogP contribution in [0.1, 0.15) is 41.1 Å². The molecule has 1 aliphatic heterocycles. The molecule has 256 valence electrons. The molecule has 0 saturated carbocycles. The fourth-order valence-electron chi connectivity index (χ4n) is 5.97. The lowest BCUT2D eigenvalue weighted by Gasteiger charge is -2.38. The Balaban J connectivity index is 1.08. The van der Waals surface area contributed by atoms with Gasteiger partial charge in [-0.05, 0) is 71.6 Å². The van der Waals surface area contributed by atoms with Gasteiger partial charge in [0.2, 0.25) is 0 Å². The van der Waals surface area contributed by atoms with Gasteiger partial charge in [-0.2, -0.15) is 5.10 Å². The van der Waals surface area contributed by atoms with Gasteiger partial charge in [0.15, 0.2) is 6.29 Å². The molecule has 9 nitrogen and oxygen atoms in total. The number of ether oxygens (including phenoxy) is 3. The first-order chi connectivity index (χ1) is 23.4. The Morgan fingerprint density at radius 1 is 1.00 bits per heavy atom. The van der Waals surface area contributed by atoms with Crippen molar-refractivity contribution in [2.24, 2.45) is 11.8 Å². The third kappa shape index (κ3) is 8.04. The van der Waals surface area contributed by atoms with Gasteiger partial charge in [-0.3, -0.25) is 4.79 Å². The monoisotopic (exact) mass is 682 g/mol. The van der Waals surface area contributed by atoms with Gasteiger partial charge in [-0.1, -0.05) is 31.2 Å². The SMILES string of the molecule is CC(CC1COC(c2ccc3cc(C(=O)Nc4ccc(OC(F)(F)F)cc4)ccc3c2)OC1)C(O)(Cn1cncn1)c1ccc(F)cc1F. The normalized spacial score (nSPS) is 18.5. The Morgan fingerprint density at radius 3 is 2.39 bits per heavy atom. The number of benzene rings is 4. The second-order valence-electron chi connectivity index (χ2n) is 12.0. The Kier molecular flexibility index (Phi) is 9.63. The highest BCUT2D eigenvalue weighted by molar-refractivity contribution is 6.06. The number of carbonyl (C=O) groups is 1. The van der Waals surface area contributed by atoms with Gasteiger partial charge in [-0.25, -0.2) is 18.4 Å². The minimum absolute atomic E-state index is 0.0437. The number of aliphatic hydroxyl groups is 1. The van der Waals surface area contributed by atoms with Crippen LogP contribution in [-0.4, -0.2) is 45.4 Å². The Bertz CT molecular complexity index is 1910. The van der Waals surface area contributed by atoms with Crippen LogP contribution in [0.25, 0.3) is 10.8 Å². The highest BCUT2D eigenvalue weighted by atomic mass is 19.4. The van der Waals surface area contributed by atoms with Gasteiger partial charge in [-0.15, -0.1) is 13.2 Å². The number of alkyl halides is 3. The van der Waals surface area contributed by atoms with Crippen molar-refractivity contribution in [2.75, 3.05) is 18.5 Å². The zero-order chi connectivity index (χ0) is 34.8. The number of hydrogen-bond acceptors (Lipinski definition) is 7. The second-order valence-corrected chi connectivity index (χ2v) is 12.0. The quantitative estimate of drug-likeness (QED) is 0.151. The fourth-order valence-corrected chi connectivity index (χ4v) is 5.97. The van der Waals surface area contributed by atoms with Crippen molar-refractivity contribution in [2.45, 2.75) is 38.1 Å². The largest absolute Gasteiger partial charge is 0.573 e. The van der Waals surface area contributed by atoms with Crippen LogP contribution in [-0.2, 0) is 21.6 Å². The molecule has 14 heteroatoms. The topological polar surface area (TPSA) is 108 Å². The maximum atomic E-state index is 14.9. The van der Waals surface area contributed by atoms with E-state index in [4.69, 9.17) is 9.47 Å². The van der Waals surface area contributed by atoms with Crippen molar-refractivity contribution in [3.05, 3.63) is 120 Å². The molecule has 6 rings (SSSR count). The highest BCUT2D eigenvalue weighted by Gasteiger charge is 2.41. The smallest absolute Gasteiger partial charge is 0.406 e. The summed E-state index contributed by atoms with van der Waals surface area (Å²) in [5.41, 5.74) is -0.363. The number of rotatable bonds is 10. The molecule has 0 spiro atoms. The summed E-state index contributed by atoms with van der Waals surface area (Å²) in [6.07, 6.45) is -2.34. The molecule has 2 unspecified atom stereocenters. The van der Waals surface area contributed by atoms with E-state index in [2.05, 4.69) is 20.1 Å². The van der Waals surface area contributed by atoms with Crippen molar-refractivity contribution in [1.82, 2.24) is 14.8 Å². The average Bonchev–Trinajstić information content (AvgIpc) is 3.57. The van der Waals surface area contributed by atoms with E-state index in [9.17, 15) is 31.9 Å². The van der Waals surface area contributed by atoms with Gasteiger partial charge >= 0.3 is 6.36 Å². The summed E-state index contributed by atoms with van der Waals surface area (Å²) in [6, 6.07) is 18.6. The Labute approximate surface area is 277 Å². The van der Waals surface area contributed by atoms with Crippen molar-refractivity contribution < 1.29 is 46.1 Å². The van der Waals surface area contributed by atoms with Crippen molar-refractivity contribution in [3.8, 4) is 5.75 Å². The molecule has 0 radical (unpaired) electrons. The van der Waals surface area contributed by atoms with Crippen molar-refractivity contribution in [3.63, 3.8) is 0 Å². The molecular formula is C35H31F5N4O5. The molecule has 1 amide bonds. The van der Waals surface area contributed by atoms with E-state index in [0.29, 0.717) is 30.9 Å². The minimum Gasteiger partial charge on any atom is -0.406 e. The van der Waals surface area contributed by atoms with Crippen LogP contribution in [0.5, 0.6) is 5.75 Å². The van der Waals surface area contributed by atoms with Crippen molar-refractivity contribution in [1.29, 1.82) is 0 Å². The number of anilines is 1. The van der Waals surface area contributed by atoms with E-state index >= 15 is 0 Å². The van der Waals surface area contributed by atoms with Crippen LogP contribution in [0.15, 0.2) is 91.5 Å². The first-order valence-electron chi connectivity index (χ1n) is 15.3. The van der Waals surface area contributed by atoms with E-state index < -0.39 is 47.5 Å². The predicted molar refractivity (Wildman–Crippen MR) is 167 cm³/mol. The van der Waals surface area contributed by atoms with Crippen LogP contribution in [0, 0.1) is 23.5 Å². The van der Waals surface area contributed by atoms with Gasteiger partial charge < -0.3 is 24.6 Å². The highest BCUT2D eigenvalue weighted by Crippen LogP contribution is 2.39. The first-order valence-corrected chi connectivity index (χ1v) is 15.3. The number of nitrogens with zero attached hydrogens (tertiary/aromatic N) is 3. The zero-order valence-corrected chi connectivity index (χ0v) is 26.0. The maximum absolute atomic E-state index is 14.9. The van der Waals surface area contributed by atoms with E-state index in [1.807, 2.05) is 18.2 Å². The number of amides is 1. The summed E-state index contributed by atoms with van der Waals surface area (Å²) < 4.78 is 83.2. The van der Waals surface area contributed by atoms with Gasteiger partial charge in [0, 0.05) is 34.4 Å². The number of fused-ring (bicyclic) bond motifs is 1. The average molecular weight is 683 g/mol. The van der Waals surface area contributed by atoms with Crippen LogP contribution < -0.4 is 10.1 Å². The van der Waals surface area contributed by atoms with E-state index in [-0.39, 0.29) is 18.0 Å². The van der Waals surface area contributed by atoms with Gasteiger partial charge in [0.05, 0.1) is 19.8 Å². The minimum atomic E-state index is -4.81. The third-order valence-electron chi connectivity index (χ3n) is 8.48. The van der Waals surface area contributed by atoms with E-state index in [1.165, 1.54) is 35.5 Å². The number of hydrogen-bond donors (Lipinski definition) is 2. The number of carbonyl (C=O) groups excluding carboxylic acids is 1. The fraction of sp³-hybridized carbons (Fsp3) is 0.286. The van der Waals surface area contributed by atoms with Crippen molar-refractivity contribution >= 4 is 22.4 Å². The lowest BCUT2D eigenvalue weighted by Crippen LogP contribution is -2.41. The molecular weight excluding hydrogens is 651 g/mol. The molecule has 2 N–H and O–H groups in total. The molecule has 1 aromatic heterocycles. The first kappa shape index (κ1) is 34.0. The summed E-state index contributed by atoms with van der Waals surface area (Å²) in [7, 11) is 0. The number of aromatic nitrogens is 3. The molecule has 1 fully saturated rings. The molecule has 2 atom stereocenters. The molecule has 5 aromatic rings. The van der Waals surface area contributed by atoms with Crippen LogP contribution in [0.3, 0.4) is 0 Å². The summed E-state index contributed by atoms with van der Waals surface area (Å²) in [5, 5.41) is 20.1. The lowest BCUT2D eigenvalue weighted by atomic mass is 9.77. The summed E-state index contributed by atoms with van der Waals surface area (Å²) in [5.74, 6) is -3.09. The Morgan fingerprint density at radius 2 is 1.71 bits per heavy atom. The second kappa shape index (κ2) is 13.9. The third-order valence-corrected chi connectivity index (χ3v) is 8.48. The van der Waals surface area contributed by atoms with Gasteiger partial charge in [0.1, 0.15) is 35.6 Å². The van der Waals surface area contributed by atoms with Crippen LogP contribution >= 0.6 is 0 Å². The van der Waals surface area contributed by atoms with E-state index in [1.54, 1.807) is 25.1 Å². The Hall–Kier alpha value is -4.92. The number of halogens is 5. The van der Waals surface area contributed by atoms with Crippen LogP contribution in [0.2, 0.25) is 0 Å². The molecule has 0 aliphatic carbocycles.